The number of amides is 1. The van der Waals surface area contributed by atoms with E-state index in [4.69, 9.17) is 4.74 Å². The van der Waals surface area contributed by atoms with Crippen molar-refractivity contribution < 1.29 is 23.5 Å². The summed E-state index contributed by atoms with van der Waals surface area (Å²) in [5.74, 6) is -1.19. The number of halogens is 2. The van der Waals surface area contributed by atoms with Gasteiger partial charge in [-0.25, -0.2) is 9.18 Å². The maximum atomic E-state index is 13.1. The van der Waals surface area contributed by atoms with Gasteiger partial charge < -0.3 is 20.1 Å². The van der Waals surface area contributed by atoms with E-state index in [2.05, 4.69) is 15.4 Å². The van der Waals surface area contributed by atoms with Gasteiger partial charge in [0.2, 0.25) is 5.91 Å². The van der Waals surface area contributed by atoms with Crippen molar-refractivity contribution in [1.82, 2.24) is 10.6 Å². The summed E-state index contributed by atoms with van der Waals surface area (Å²) < 4.78 is 23.0. The van der Waals surface area contributed by atoms with E-state index >= 15 is 0 Å². The molecular weight excluding hydrogens is 303 g/mol. The minimum atomic E-state index is -0.682. The zero-order chi connectivity index (χ0) is 15.0. The predicted molar refractivity (Wildman–Crippen MR) is 77.4 cm³/mol. The van der Waals surface area contributed by atoms with Crippen LogP contribution in [0.4, 0.5) is 4.39 Å². The molecule has 1 aromatic rings. The molecule has 0 heterocycles. The molecule has 0 aliphatic rings. The lowest BCUT2D eigenvalue weighted by molar-refractivity contribution is -0.120. The highest BCUT2D eigenvalue weighted by molar-refractivity contribution is 5.92. The van der Waals surface area contributed by atoms with E-state index in [-0.39, 0.29) is 49.3 Å². The molecule has 21 heavy (non-hydrogen) atoms. The van der Waals surface area contributed by atoms with Crippen molar-refractivity contribution in [3.8, 4) is 5.75 Å². The molecule has 6 nitrogen and oxygen atoms in total. The van der Waals surface area contributed by atoms with Gasteiger partial charge in [-0.1, -0.05) is 0 Å². The Kier molecular flexibility index (Phi) is 9.07. The second-order valence-corrected chi connectivity index (χ2v) is 3.86. The molecule has 0 fully saturated rings. The highest BCUT2D eigenvalue weighted by atomic mass is 35.5. The Bertz CT molecular complexity index is 485. The number of esters is 1. The average Bonchev–Trinajstić information content (AvgIpc) is 2.44. The summed E-state index contributed by atoms with van der Waals surface area (Å²) in [5.41, 5.74) is 0.00838. The first-order chi connectivity index (χ1) is 9.58. The van der Waals surface area contributed by atoms with E-state index in [1.54, 1.807) is 7.05 Å². The van der Waals surface area contributed by atoms with Crippen molar-refractivity contribution in [3.63, 3.8) is 0 Å². The molecule has 118 valence electrons. The number of carbonyl (C=O) groups excluding carboxylic acids is 2. The second kappa shape index (κ2) is 9.95. The van der Waals surface area contributed by atoms with Gasteiger partial charge in [-0.05, 0) is 25.2 Å². The van der Waals surface area contributed by atoms with Crippen LogP contribution in [0.15, 0.2) is 18.2 Å². The highest BCUT2D eigenvalue weighted by Gasteiger charge is 2.14. The Morgan fingerprint density at radius 2 is 2.05 bits per heavy atom. The summed E-state index contributed by atoms with van der Waals surface area (Å²) in [6.07, 6.45) is 0. The summed E-state index contributed by atoms with van der Waals surface area (Å²) >= 11 is 0. The number of likely N-dealkylation sites (N-methyl/N-ethyl adjacent to an activating group) is 1. The van der Waals surface area contributed by atoms with Crippen LogP contribution in [0.25, 0.3) is 0 Å². The number of benzene rings is 1. The van der Waals surface area contributed by atoms with E-state index in [0.717, 1.165) is 6.07 Å². The Morgan fingerprint density at radius 3 is 2.67 bits per heavy atom. The van der Waals surface area contributed by atoms with Gasteiger partial charge in [0.1, 0.15) is 23.7 Å². The van der Waals surface area contributed by atoms with E-state index in [0.29, 0.717) is 0 Å². The normalized spacial score (nSPS) is 9.48. The van der Waals surface area contributed by atoms with Gasteiger partial charge >= 0.3 is 5.97 Å². The van der Waals surface area contributed by atoms with Crippen LogP contribution in [0.3, 0.4) is 0 Å². The van der Waals surface area contributed by atoms with Gasteiger partial charge in [0.25, 0.3) is 0 Å². The van der Waals surface area contributed by atoms with Crippen molar-refractivity contribution in [1.29, 1.82) is 0 Å². The number of nitrogens with one attached hydrogen (secondary N) is 2. The molecular formula is C13H18ClFN2O4. The molecule has 0 aromatic heterocycles. The molecule has 0 spiro atoms. The second-order valence-electron chi connectivity index (χ2n) is 3.86. The number of methoxy groups -OCH3 is 1. The van der Waals surface area contributed by atoms with Crippen molar-refractivity contribution in [2.45, 2.75) is 0 Å². The minimum Gasteiger partial charge on any atom is -0.491 e. The molecule has 0 aliphatic carbocycles. The average molecular weight is 321 g/mol. The van der Waals surface area contributed by atoms with Crippen molar-refractivity contribution in [3.05, 3.63) is 29.6 Å². The zero-order valence-electron chi connectivity index (χ0n) is 11.8. The van der Waals surface area contributed by atoms with Crippen LogP contribution in [0.1, 0.15) is 10.4 Å². The summed E-state index contributed by atoms with van der Waals surface area (Å²) in [6, 6.07) is 3.57. The largest absolute Gasteiger partial charge is 0.491 e. The standard InChI is InChI=1S/C13H17FN2O4.ClH/c1-15-8-12(17)16-5-6-20-11-4-3-9(14)7-10(11)13(18)19-2;/h3-4,7,15H,5-6,8H2,1-2H3,(H,16,17);1H. The quantitative estimate of drug-likeness (QED) is 0.572. The van der Waals surface area contributed by atoms with Crippen molar-refractivity contribution in [2.24, 2.45) is 0 Å². The van der Waals surface area contributed by atoms with Crippen molar-refractivity contribution in [2.75, 3.05) is 33.9 Å². The smallest absolute Gasteiger partial charge is 0.341 e. The molecule has 8 heteroatoms. The van der Waals surface area contributed by atoms with Gasteiger partial charge in [0.05, 0.1) is 20.2 Å². The topological polar surface area (TPSA) is 76.7 Å². The third kappa shape index (κ3) is 6.42. The molecule has 1 aromatic carbocycles. The number of hydrogen-bond acceptors (Lipinski definition) is 5. The fraction of sp³-hybridized carbons (Fsp3) is 0.385. The zero-order valence-corrected chi connectivity index (χ0v) is 12.6. The Balaban J connectivity index is 0.00000400. The van der Waals surface area contributed by atoms with Crippen LogP contribution < -0.4 is 15.4 Å². The van der Waals surface area contributed by atoms with Crippen LogP contribution in [0, 0.1) is 5.82 Å². The van der Waals surface area contributed by atoms with E-state index in [9.17, 15) is 14.0 Å². The predicted octanol–water partition coefficient (Wildman–Crippen LogP) is 0.748. The fourth-order valence-corrected chi connectivity index (χ4v) is 1.47. The molecule has 0 saturated carbocycles. The van der Waals surface area contributed by atoms with Crippen LogP contribution in [0.5, 0.6) is 5.75 Å². The Labute approximate surface area is 128 Å². The third-order valence-electron chi connectivity index (χ3n) is 2.37. The highest BCUT2D eigenvalue weighted by Crippen LogP contribution is 2.20. The summed E-state index contributed by atoms with van der Waals surface area (Å²) in [4.78, 5) is 22.6. The monoisotopic (exact) mass is 320 g/mol. The maximum Gasteiger partial charge on any atom is 0.341 e. The van der Waals surface area contributed by atoms with Crippen LogP contribution in [-0.2, 0) is 9.53 Å². The fourth-order valence-electron chi connectivity index (χ4n) is 1.47. The molecule has 0 aliphatic heterocycles. The molecule has 1 rings (SSSR count). The number of carbonyl (C=O) groups is 2. The van der Waals surface area contributed by atoms with Crippen LogP contribution in [0.2, 0.25) is 0 Å². The lowest BCUT2D eigenvalue weighted by Gasteiger charge is -2.11. The van der Waals surface area contributed by atoms with Crippen LogP contribution in [-0.4, -0.2) is 45.7 Å². The summed E-state index contributed by atoms with van der Waals surface area (Å²) in [5, 5.41) is 5.32. The molecule has 1 amide bonds. The molecule has 0 saturated heterocycles. The van der Waals surface area contributed by atoms with Crippen LogP contribution >= 0.6 is 12.4 Å². The van der Waals surface area contributed by atoms with Crippen molar-refractivity contribution >= 4 is 24.3 Å². The molecule has 0 bridgehead atoms. The molecule has 0 radical (unpaired) electrons. The molecule has 0 unspecified atom stereocenters. The Morgan fingerprint density at radius 1 is 1.33 bits per heavy atom. The first-order valence-corrected chi connectivity index (χ1v) is 6.00. The van der Waals surface area contributed by atoms with Gasteiger partial charge in [-0.3, -0.25) is 4.79 Å². The van der Waals surface area contributed by atoms with E-state index in [1.165, 1.54) is 19.2 Å². The Hall–Kier alpha value is -1.86. The maximum absolute atomic E-state index is 13.1. The first-order valence-electron chi connectivity index (χ1n) is 6.00. The SMILES string of the molecule is CNCC(=O)NCCOc1ccc(F)cc1C(=O)OC.Cl. The molecule has 0 atom stereocenters. The van der Waals surface area contributed by atoms with Gasteiger partial charge in [0.15, 0.2) is 0 Å². The summed E-state index contributed by atoms with van der Waals surface area (Å²) in [7, 11) is 2.87. The first kappa shape index (κ1) is 19.1. The lowest BCUT2D eigenvalue weighted by Crippen LogP contribution is -2.34. The number of rotatable bonds is 7. The van der Waals surface area contributed by atoms with Gasteiger partial charge in [0, 0.05) is 0 Å². The van der Waals surface area contributed by atoms with E-state index < -0.39 is 11.8 Å². The molecule has 2 N–H and O–H groups in total. The number of ether oxygens (including phenoxy) is 2. The van der Waals surface area contributed by atoms with Gasteiger partial charge in [-0.15, -0.1) is 12.4 Å². The van der Waals surface area contributed by atoms with Gasteiger partial charge in [-0.2, -0.15) is 0 Å². The third-order valence-corrected chi connectivity index (χ3v) is 2.37. The lowest BCUT2D eigenvalue weighted by atomic mass is 10.2. The minimum absolute atomic E-state index is 0. The summed E-state index contributed by atoms with van der Waals surface area (Å²) in [6.45, 7) is 0.646. The number of hydrogen-bond donors (Lipinski definition) is 2. The van der Waals surface area contributed by atoms with E-state index in [1.807, 2.05) is 0 Å².